The zero-order valence-electron chi connectivity index (χ0n) is 15.2. The summed E-state index contributed by atoms with van der Waals surface area (Å²) in [5.41, 5.74) is 3.33. The minimum atomic E-state index is -3.87. The van der Waals surface area contributed by atoms with Gasteiger partial charge in [0.15, 0.2) is 0 Å². The second-order valence-electron chi connectivity index (χ2n) is 6.52. The van der Waals surface area contributed by atoms with Crippen molar-refractivity contribution < 1.29 is 17.3 Å². The molecule has 3 aromatic rings. The van der Waals surface area contributed by atoms with E-state index in [-0.39, 0.29) is 16.7 Å². The third kappa shape index (κ3) is 4.16. The van der Waals surface area contributed by atoms with Crippen LogP contribution in [0.1, 0.15) is 23.7 Å². The highest BCUT2D eigenvalue weighted by atomic mass is 32.2. The van der Waals surface area contributed by atoms with Crippen molar-refractivity contribution in [3.05, 3.63) is 102 Å². The Morgan fingerprint density at radius 2 is 1.46 bits per heavy atom. The van der Waals surface area contributed by atoms with Crippen LogP contribution in [0, 0.1) is 0 Å². The summed E-state index contributed by atoms with van der Waals surface area (Å²) in [4.78, 5) is 0.114. The van der Waals surface area contributed by atoms with Crippen LogP contribution in [0.25, 0.3) is 5.57 Å². The molecule has 3 aromatic carbocycles. The third-order valence-electron chi connectivity index (χ3n) is 4.61. The molecular formula is C23H20O4S. The van der Waals surface area contributed by atoms with Crippen molar-refractivity contribution >= 4 is 15.7 Å². The standard InChI is InChI=1S/C23H20O4S/c24-28(25,27-21-9-5-2-6-10-21)22-13-11-19(12-14-22)23-17-20(15-16-26-23)18-7-3-1-4-8-18/h1-14,17,23H,15-16H2. The average molecular weight is 392 g/mol. The van der Waals surface area contributed by atoms with E-state index in [0.29, 0.717) is 6.61 Å². The Morgan fingerprint density at radius 3 is 2.14 bits per heavy atom. The second-order valence-corrected chi connectivity index (χ2v) is 8.07. The first-order valence-electron chi connectivity index (χ1n) is 9.09. The van der Waals surface area contributed by atoms with Crippen LogP contribution >= 0.6 is 0 Å². The molecule has 1 aliphatic rings. The van der Waals surface area contributed by atoms with E-state index in [1.54, 1.807) is 54.6 Å². The van der Waals surface area contributed by atoms with Crippen molar-refractivity contribution in [1.82, 2.24) is 0 Å². The van der Waals surface area contributed by atoms with Gasteiger partial charge in [-0.2, -0.15) is 8.42 Å². The maximum Gasteiger partial charge on any atom is 0.339 e. The Morgan fingerprint density at radius 1 is 0.821 bits per heavy atom. The smallest absolute Gasteiger partial charge is 0.339 e. The monoisotopic (exact) mass is 392 g/mol. The van der Waals surface area contributed by atoms with E-state index in [1.807, 2.05) is 18.2 Å². The molecule has 1 aliphatic heterocycles. The number of hydrogen-bond acceptors (Lipinski definition) is 4. The lowest BCUT2D eigenvalue weighted by atomic mass is 9.97. The topological polar surface area (TPSA) is 52.6 Å². The summed E-state index contributed by atoms with van der Waals surface area (Å²) in [6, 6.07) is 25.4. The fourth-order valence-corrected chi connectivity index (χ4v) is 4.10. The molecule has 0 saturated heterocycles. The van der Waals surface area contributed by atoms with Crippen LogP contribution in [-0.2, 0) is 14.9 Å². The number of rotatable bonds is 5. The van der Waals surface area contributed by atoms with E-state index < -0.39 is 10.1 Å². The molecule has 0 amide bonds. The summed E-state index contributed by atoms with van der Waals surface area (Å²) < 4.78 is 36.0. The predicted molar refractivity (Wildman–Crippen MR) is 108 cm³/mol. The minimum Gasteiger partial charge on any atom is -0.379 e. The Labute approximate surface area is 165 Å². The molecule has 0 radical (unpaired) electrons. The molecule has 0 aromatic heterocycles. The van der Waals surface area contributed by atoms with Gasteiger partial charge in [-0.15, -0.1) is 0 Å². The number of benzene rings is 3. The van der Waals surface area contributed by atoms with E-state index in [1.165, 1.54) is 11.1 Å². The highest BCUT2D eigenvalue weighted by molar-refractivity contribution is 7.87. The third-order valence-corrected chi connectivity index (χ3v) is 5.87. The Hall–Kier alpha value is -2.89. The summed E-state index contributed by atoms with van der Waals surface area (Å²) in [5, 5.41) is 0. The number of hydrogen-bond donors (Lipinski definition) is 0. The van der Waals surface area contributed by atoms with E-state index in [9.17, 15) is 8.42 Å². The molecule has 5 heteroatoms. The van der Waals surface area contributed by atoms with E-state index in [4.69, 9.17) is 8.92 Å². The molecule has 0 N–H and O–H groups in total. The largest absolute Gasteiger partial charge is 0.379 e. The van der Waals surface area contributed by atoms with Crippen LogP contribution in [0.15, 0.2) is 95.9 Å². The van der Waals surface area contributed by atoms with Gasteiger partial charge in [-0.1, -0.05) is 60.7 Å². The number of ether oxygens (including phenoxy) is 1. The quantitative estimate of drug-likeness (QED) is 0.574. The molecule has 0 spiro atoms. The second kappa shape index (κ2) is 8.00. The molecule has 0 aliphatic carbocycles. The van der Waals surface area contributed by atoms with Gasteiger partial charge in [-0.25, -0.2) is 0 Å². The molecule has 0 fully saturated rings. The lowest BCUT2D eigenvalue weighted by Crippen LogP contribution is -2.12. The van der Waals surface area contributed by atoms with Crippen LogP contribution in [0.5, 0.6) is 5.75 Å². The van der Waals surface area contributed by atoms with E-state index in [0.717, 1.165) is 12.0 Å². The van der Waals surface area contributed by atoms with Gasteiger partial charge in [-0.05, 0) is 53.5 Å². The van der Waals surface area contributed by atoms with Crippen molar-refractivity contribution in [2.45, 2.75) is 17.4 Å². The summed E-state index contributed by atoms with van der Waals surface area (Å²) in [5.74, 6) is 0.289. The molecular weight excluding hydrogens is 372 g/mol. The molecule has 1 atom stereocenters. The molecule has 142 valence electrons. The maximum absolute atomic E-state index is 12.5. The first-order chi connectivity index (χ1) is 13.6. The van der Waals surface area contributed by atoms with Gasteiger partial charge < -0.3 is 8.92 Å². The zero-order chi connectivity index (χ0) is 19.4. The minimum absolute atomic E-state index is 0.114. The lowest BCUT2D eigenvalue weighted by molar-refractivity contribution is 0.0827. The Kier molecular flexibility index (Phi) is 5.28. The molecule has 4 nitrogen and oxygen atoms in total. The van der Waals surface area contributed by atoms with Gasteiger partial charge in [0.1, 0.15) is 16.7 Å². The van der Waals surface area contributed by atoms with Gasteiger partial charge in [0.05, 0.1) is 6.61 Å². The SMILES string of the molecule is O=S(=O)(Oc1ccccc1)c1ccc(C2C=C(c3ccccc3)CCO2)cc1. The van der Waals surface area contributed by atoms with Gasteiger partial charge in [-0.3, -0.25) is 0 Å². The first kappa shape index (κ1) is 18.5. The molecule has 0 bridgehead atoms. The number of para-hydroxylation sites is 1. The molecule has 28 heavy (non-hydrogen) atoms. The van der Waals surface area contributed by atoms with Gasteiger partial charge >= 0.3 is 10.1 Å². The normalized spacial score (nSPS) is 17.0. The van der Waals surface area contributed by atoms with Crippen LogP contribution in [-0.4, -0.2) is 15.0 Å². The fraction of sp³-hybridized carbons (Fsp3) is 0.130. The van der Waals surface area contributed by atoms with Crippen molar-refractivity contribution in [2.75, 3.05) is 6.61 Å². The van der Waals surface area contributed by atoms with Gasteiger partial charge in [0.2, 0.25) is 0 Å². The summed E-state index contributed by atoms with van der Waals surface area (Å²) >= 11 is 0. The molecule has 0 saturated carbocycles. The van der Waals surface area contributed by atoms with Crippen molar-refractivity contribution in [2.24, 2.45) is 0 Å². The van der Waals surface area contributed by atoms with Crippen LogP contribution < -0.4 is 4.18 Å². The Balaban J connectivity index is 1.54. The van der Waals surface area contributed by atoms with E-state index in [2.05, 4.69) is 18.2 Å². The van der Waals surface area contributed by atoms with Crippen molar-refractivity contribution in [3.63, 3.8) is 0 Å². The van der Waals surface area contributed by atoms with E-state index >= 15 is 0 Å². The van der Waals surface area contributed by atoms with Gasteiger partial charge in [0.25, 0.3) is 0 Å². The predicted octanol–water partition coefficient (Wildman–Crippen LogP) is 5.00. The van der Waals surface area contributed by atoms with Crippen LogP contribution in [0.2, 0.25) is 0 Å². The fourth-order valence-electron chi connectivity index (χ4n) is 3.17. The molecule has 1 heterocycles. The Bertz CT molecular complexity index is 1060. The summed E-state index contributed by atoms with van der Waals surface area (Å²) in [6.45, 7) is 0.628. The lowest BCUT2D eigenvalue weighted by Gasteiger charge is -2.23. The zero-order valence-corrected chi connectivity index (χ0v) is 16.0. The molecule has 4 rings (SSSR count). The highest BCUT2D eigenvalue weighted by Gasteiger charge is 2.20. The maximum atomic E-state index is 12.5. The van der Waals surface area contributed by atoms with Gasteiger partial charge in [0, 0.05) is 0 Å². The van der Waals surface area contributed by atoms with Crippen molar-refractivity contribution in [3.8, 4) is 5.75 Å². The van der Waals surface area contributed by atoms with Crippen LogP contribution in [0.3, 0.4) is 0 Å². The average Bonchev–Trinajstić information content (AvgIpc) is 2.75. The summed E-state index contributed by atoms with van der Waals surface area (Å²) in [6.07, 6.45) is 2.76. The first-order valence-corrected chi connectivity index (χ1v) is 10.5. The summed E-state index contributed by atoms with van der Waals surface area (Å²) in [7, 11) is -3.87. The van der Waals surface area contributed by atoms with Crippen molar-refractivity contribution in [1.29, 1.82) is 0 Å². The highest BCUT2D eigenvalue weighted by Crippen LogP contribution is 2.31. The molecule has 1 unspecified atom stereocenters. The van der Waals surface area contributed by atoms with Crippen LogP contribution in [0.4, 0.5) is 0 Å².